The summed E-state index contributed by atoms with van der Waals surface area (Å²) in [5.41, 5.74) is 0. The van der Waals surface area contributed by atoms with Crippen LogP contribution in [0.1, 0.15) is 6.42 Å². The van der Waals surface area contributed by atoms with Crippen molar-refractivity contribution in [1.29, 1.82) is 0 Å². The lowest BCUT2D eigenvalue weighted by Crippen LogP contribution is -2.18. The van der Waals surface area contributed by atoms with E-state index in [1.165, 1.54) is 7.11 Å². The Morgan fingerprint density at radius 3 is 2.50 bits per heavy atom. The highest BCUT2D eigenvalue weighted by molar-refractivity contribution is 6.01. The smallest absolute Gasteiger partial charge is 0.208 e. The molecule has 0 aromatic rings. The largest absolute Gasteiger partial charge is 0.502 e. The molecule has 8 heavy (non-hydrogen) atoms. The molecule has 0 saturated carbocycles. The molecule has 0 bridgehead atoms. The molecule has 1 aliphatic carbocycles. The van der Waals surface area contributed by atoms with Crippen LogP contribution >= 0.6 is 0 Å². The molecule has 3 nitrogen and oxygen atoms in total. The van der Waals surface area contributed by atoms with Gasteiger partial charge in [-0.3, -0.25) is 4.79 Å². The van der Waals surface area contributed by atoms with E-state index in [1.54, 1.807) is 0 Å². The van der Waals surface area contributed by atoms with E-state index in [0.29, 0.717) is 5.76 Å². The molecule has 0 spiro atoms. The van der Waals surface area contributed by atoms with Crippen molar-refractivity contribution in [3.8, 4) is 0 Å². The fourth-order valence-electron chi connectivity index (χ4n) is 0.531. The van der Waals surface area contributed by atoms with Crippen molar-refractivity contribution in [1.82, 2.24) is 0 Å². The zero-order valence-corrected chi connectivity index (χ0v) is 4.47. The van der Waals surface area contributed by atoms with Crippen LogP contribution in [0.3, 0.4) is 0 Å². The van der Waals surface area contributed by atoms with Crippen molar-refractivity contribution in [2.75, 3.05) is 7.11 Å². The van der Waals surface area contributed by atoms with Gasteiger partial charge in [-0.25, -0.2) is 0 Å². The minimum Gasteiger partial charge on any atom is -0.502 e. The summed E-state index contributed by atoms with van der Waals surface area (Å²) in [6.45, 7) is 0. The van der Waals surface area contributed by atoms with Gasteiger partial charge in [-0.1, -0.05) is 0 Å². The molecule has 0 unspecified atom stereocenters. The second-order valence-electron chi connectivity index (χ2n) is 1.58. The molecule has 0 heterocycles. The minimum absolute atomic E-state index is 0.215. The Bertz CT molecular complexity index is 157. The quantitative estimate of drug-likeness (QED) is 0.535. The number of hydrogen-bond donors (Lipinski definition) is 1. The van der Waals surface area contributed by atoms with Gasteiger partial charge in [0.25, 0.3) is 0 Å². The normalized spacial score (nSPS) is 18.4. The standard InChI is InChI=1S/C5H6O3/c1-8-4-2-3(6)5(4)7/h7H,2H2,1H3. The Morgan fingerprint density at radius 2 is 2.38 bits per heavy atom. The van der Waals surface area contributed by atoms with Gasteiger partial charge >= 0.3 is 0 Å². The van der Waals surface area contributed by atoms with Gasteiger partial charge in [0.2, 0.25) is 5.78 Å². The van der Waals surface area contributed by atoms with Gasteiger partial charge in [-0.05, 0) is 0 Å². The van der Waals surface area contributed by atoms with Crippen LogP contribution in [0.5, 0.6) is 0 Å². The Labute approximate surface area is 46.6 Å². The Hall–Kier alpha value is -0.990. The molecule has 0 saturated heterocycles. The van der Waals surface area contributed by atoms with Gasteiger partial charge in [0.05, 0.1) is 13.5 Å². The van der Waals surface area contributed by atoms with Gasteiger partial charge in [-0.2, -0.15) is 0 Å². The van der Waals surface area contributed by atoms with Gasteiger partial charge in [0, 0.05) is 0 Å². The molecule has 0 aromatic carbocycles. The molecular formula is C5H6O3. The molecule has 44 valence electrons. The van der Waals surface area contributed by atoms with Crippen LogP contribution in [0.15, 0.2) is 11.5 Å². The first-order valence-corrected chi connectivity index (χ1v) is 2.25. The molecule has 0 aliphatic heterocycles. The minimum atomic E-state index is -0.234. The van der Waals surface area contributed by atoms with Crippen LogP contribution in [0, 0.1) is 0 Å². The van der Waals surface area contributed by atoms with E-state index in [9.17, 15) is 4.79 Å². The number of ketones is 1. The summed E-state index contributed by atoms with van der Waals surface area (Å²) in [4.78, 5) is 10.2. The molecule has 0 amide bonds. The number of carbonyl (C=O) groups excluding carboxylic acids is 1. The van der Waals surface area contributed by atoms with E-state index in [0.717, 1.165) is 0 Å². The summed E-state index contributed by atoms with van der Waals surface area (Å²) in [5.74, 6) is -0.0515. The lowest BCUT2D eigenvalue weighted by atomic mass is 10.0. The van der Waals surface area contributed by atoms with Crippen LogP contribution in [0.25, 0.3) is 0 Å². The van der Waals surface area contributed by atoms with Crippen LogP contribution in [-0.2, 0) is 9.53 Å². The van der Waals surface area contributed by atoms with Gasteiger partial charge in [0.15, 0.2) is 5.76 Å². The molecule has 0 atom stereocenters. The average molecular weight is 114 g/mol. The topological polar surface area (TPSA) is 46.5 Å². The van der Waals surface area contributed by atoms with Crippen LogP contribution in [0.4, 0.5) is 0 Å². The zero-order chi connectivity index (χ0) is 6.15. The number of carbonyl (C=O) groups is 1. The number of rotatable bonds is 1. The number of methoxy groups -OCH3 is 1. The number of Topliss-reactive ketones (excluding diaryl/α,β-unsaturated/α-hetero) is 1. The van der Waals surface area contributed by atoms with Gasteiger partial charge in [-0.15, -0.1) is 0 Å². The first-order valence-electron chi connectivity index (χ1n) is 2.25. The summed E-state index contributed by atoms with van der Waals surface area (Å²) in [5, 5.41) is 8.58. The monoisotopic (exact) mass is 114 g/mol. The molecule has 1 aliphatic rings. The van der Waals surface area contributed by atoms with Crippen molar-refractivity contribution < 1.29 is 14.6 Å². The molecule has 1 N–H and O–H groups in total. The maximum atomic E-state index is 10.2. The first kappa shape index (κ1) is 5.15. The third kappa shape index (κ3) is 0.476. The van der Waals surface area contributed by atoms with E-state index < -0.39 is 0 Å². The lowest BCUT2D eigenvalue weighted by molar-refractivity contribution is -0.121. The fraction of sp³-hybridized carbons (Fsp3) is 0.400. The number of ether oxygens (including phenoxy) is 1. The summed E-state index contributed by atoms with van der Waals surface area (Å²) in [6.07, 6.45) is 0.252. The second-order valence-corrected chi connectivity index (χ2v) is 1.58. The summed E-state index contributed by atoms with van der Waals surface area (Å²) in [6, 6.07) is 0. The number of hydrogen-bond acceptors (Lipinski definition) is 3. The van der Waals surface area contributed by atoms with E-state index in [4.69, 9.17) is 5.11 Å². The Morgan fingerprint density at radius 1 is 1.75 bits per heavy atom. The van der Waals surface area contributed by atoms with Gasteiger partial charge < -0.3 is 9.84 Å². The van der Waals surface area contributed by atoms with Crippen LogP contribution in [-0.4, -0.2) is 18.0 Å². The maximum Gasteiger partial charge on any atom is 0.208 e. The van der Waals surface area contributed by atoms with E-state index in [2.05, 4.69) is 4.74 Å². The second kappa shape index (κ2) is 1.51. The van der Waals surface area contributed by atoms with E-state index in [-0.39, 0.29) is 18.0 Å². The Kier molecular flexibility index (Phi) is 0.970. The average Bonchev–Trinajstić information content (AvgIpc) is 1.81. The SMILES string of the molecule is COC1=C(O)C(=O)C1. The predicted molar refractivity (Wildman–Crippen MR) is 26.3 cm³/mol. The highest BCUT2D eigenvalue weighted by Crippen LogP contribution is 2.20. The molecule has 0 fully saturated rings. The van der Waals surface area contributed by atoms with E-state index >= 15 is 0 Å². The van der Waals surface area contributed by atoms with Crippen molar-refractivity contribution in [3.05, 3.63) is 11.5 Å². The summed E-state index contributed by atoms with van der Waals surface area (Å²) in [7, 11) is 1.43. The van der Waals surface area contributed by atoms with Crippen LogP contribution in [0.2, 0.25) is 0 Å². The molecule has 0 radical (unpaired) electrons. The Balaban J connectivity index is 2.72. The zero-order valence-electron chi connectivity index (χ0n) is 4.47. The van der Waals surface area contributed by atoms with Crippen molar-refractivity contribution in [3.63, 3.8) is 0 Å². The summed E-state index contributed by atoms with van der Waals surface area (Å²) >= 11 is 0. The number of aliphatic hydroxyl groups is 1. The highest BCUT2D eigenvalue weighted by Gasteiger charge is 2.27. The van der Waals surface area contributed by atoms with Crippen molar-refractivity contribution in [2.24, 2.45) is 0 Å². The summed E-state index contributed by atoms with van der Waals surface area (Å²) < 4.78 is 4.58. The third-order valence-corrected chi connectivity index (χ3v) is 1.10. The van der Waals surface area contributed by atoms with Crippen LogP contribution < -0.4 is 0 Å². The van der Waals surface area contributed by atoms with E-state index in [1.807, 2.05) is 0 Å². The number of aliphatic hydroxyl groups excluding tert-OH is 1. The fourth-order valence-corrected chi connectivity index (χ4v) is 0.531. The molecule has 0 aromatic heterocycles. The molecule has 1 rings (SSSR count). The molecular weight excluding hydrogens is 108 g/mol. The van der Waals surface area contributed by atoms with Gasteiger partial charge in [0.1, 0.15) is 5.76 Å². The predicted octanol–water partition coefficient (Wildman–Crippen LogP) is 0.375. The number of allylic oxidation sites excluding steroid dienone is 2. The lowest BCUT2D eigenvalue weighted by Gasteiger charge is -2.14. The van der Waals surface area contributed by atoms with Crippen molar-refractivity contribution >= 4 is 5.78 Å². The third-order valence-electron chi connectivity index (χ3n) is 1.10. The highest BCUT2D eigenvalue weighted by atomic mass is 16.5. The van der Waals surface area contributed by atoms with Crippen molar-refractivity contribution in [2.45, 2.75) is 6.42 Å². The first-order chi connectivity index (χ1) is 3.75. The maximum absolute atomic E-state index is 10.2. The molecule has 3 heteroatoms.